The first-order valence-corrected chi connectivity index (χ1v) is 10.9. The molecule has 2 unspecified atom stereocenters. The molecule has 0 saturated carbocycles. The van der Waals surface area contributed by atoms with E-state index in [0.29, 0.717) is 12.0 Å². The molecule has 3 aromatic carbocycles. The molecule has 0 bridgehead atoms. The van der Waals surface area contributed by atoms with Gasteiger partial charge in [0, 0.05) is 18.0 Å². The molecule has 172 valence electrons. The molecule has 0 spiro atoms. The number of hydrogen-bond donors (Lipinski definition) is 1. The van der Waals surface area contributed by atoms with Gasteiger partial charge < -0.3 is 10.1 Å². The van der Waals surface area contributed by atoms with Crippen molar-refractivity contribution < 1.29 is 23.1 Å². The van der Waals surface area contributed by atoms with Crippen molar-refractivity contribution >= 4 is 11.9 Å². The summed E-state index contributed by atoms with van der Waals surface area (Å²) in [5.74, 6) is -1.70. The molecule has 0 aliphatic carbocycles. The van der Waals surface area contributed by atoms with Crippen LogP contribution in [0.25, 0.3) is 0 Å². The maximum absolute atomic E-state index is 13.3. The average molecular weight is 452 g/mol. The maximum Gasteiger partial charge on any atom is 0.338 e. The Hall–Kier alpha value is -3.54. The van der Waals surface area contributed by atoms with Crippen molar-refractivity contribution in [2.45, 2.75) is 26.4 Å². The molecular weight excluding hydrogens is 424 g/mol. The van der Waals surface area contributed by atoms with Gasteiger partial charge >= 0.3 is 5.97 Å². The molecule has 0 aliphatic heterocycles. The molecule has 1 amide bonds. The highest BCUT2D eigenvalue weighted by Gasteiger charge is 2.29. The molecule has 0 aliphatic rings. The Kier molecular flexibility index (Phi) is 8.30. The van der Waals surface area contributed by atoms with E-state index < -0.39 is 23.7 Å². The van der Waals surface area contributed by atoms with E-state index in [1.54, 1.807) is 0 Å². The molecule has 4 nitrogen and oxygen atoms in total. The number of nitrogens with one attached hydrogen (secondary N) is 1. The van der Waals surface area contributed by atoms with Crippen LogP contribution in [0, 0.1) is 23.5 Å². The lowest BCUT2D eigenvalue weighted by Gasteiger charge is -2.29. The van der Waals surface area contributed by atoms with Crippen molar-refractivity contribution in [1.29, 1.82) is 0 Å². The largest absolute Gasteiger partial charge is 0.454 e. The number of esters is 1. The first kappa shape index (κ1) is 24.1. The summed E-state index contributed by atoms with van der Waals surface area (Å²) in [7, 11) is 0. The van der Waals surface area contributed by atoms with Crippen LogP contribution >= 0.6 is 0 Å². The molecule has 0 fully saturated rings. The lowest BCUT2D eigenvalue weighted by Crippen LogP contribution is -2.34. The summed E-state index contributed by atoms with van der Waals surface area (Å²) >= 11 is 0. The first-order chi connectivity index (χ1) is 15.8. The number of carbonyl (C=O) groups excluding carboxylic acids is 2. The SMILES string of the molecule is CC(C)CC(CNC(=O)c1ccc(F)cc1)C(OC(=O)c1ccc(F)cc1)c1ccccc1. The van der Waals surface area contributed by atoms with E-state index in [4.69, 9.17) is 4.74 Å². The van der Waals surface area contributed by atoms with Gasteiger partial charge in [0.2, 0.25) is 0 Å². The number of carbonyl (C=O) groups is 2. The van der Waals surface area contributed by atoms with Gasteiger partial charge in [0.15, 0.2) is 0 Å². The van der Waals surface area contributed by atoms with E-state index in [2.05, 4.69) is 19.2 Å². The van der Waals surface area contributed by atoms with Crippen molar-refractivity contribution in [3.63, 3.8) is 0 Å². The summed E-state index contributed by atoms with van der Waals surface area (Å²) in [5, 5.41) is 2.89. The summed E-state index contributed by atoms with van der Waals surface area (Å²) < 4.78 is 32.4. The molecule has 0 heterocycles. The molecule has 6 heteroatoms. The van der Waals surface area contributed by atoms with Gasteiger partial charge in [-0.2, -0.15) is 0 Å². The van der Waals surface area contributed by atoms with Gasteiger partial charge in [0.25, 0.3) is 5.91 Å². The molecule has 1 N–H and O–H groups in total. The smallest absolute Gasteiger partial charge is 0.338 e. The van der Waals surface area contributed by atoms with E-state index in [9.17, 15) is 18.4 Å². The van der Waals surface area contributed by atoms with E-state index >= 15 is 0 Å². The van der Waals surface area contributed by atoms with Crippen molar-refractivity contribution in [2.24, 2.45) is 11.8 Å². The summed E-state index contributed by atoms with van der Waals surface area (Å²) in [6.07, 6.45) is 0.0552. The second kappa shape index (κ2) is 11.4. The third-order valence-corrected chi connectivity index (χ3v) is 5.28. The fourth-order valence-electron chi connectivity index (χ4n) is 3.70. The van der Waals surface area contributed by atoms with Crippen LogP contribution in [0.1, 0.15) is 52.7 Å². The second-order valence-corrected chi connectivity index (χ2v) is 8.35. The Morgan fingerprint density at radius 1 is 0.818 bits per heavy atom. The van der Waals surface area contributed by atoms with Crippen LogP contribution in [0.15, 0.2) is 78.9 Å². The average Bonchev–Trinajstić information content (AvgIpc) is 2.81. The van der Waals surface area contributed by atoms with Crippen molar-refractivity contribution in [3.8, 4) is 0 Å². The minimum atomic E-state index is -0.625. The van der Waals surface area contributed by atoms with Crippen molar-refractivity contribution in [1.82, 2.24) is 5.32 Å². The molecule has 0 saturated heterocycles. The summed E-state index contributed by atoms with van der Waals surface area (Å²) in [6, 6.07) is 19.8. The first-order valence-electron chi connectivity index (χ1n) is 10.9. The highest BCUT2D eigenvalue weighted by Crippen LogP contribution is 2.32. The molecule has 3 rings (SSSR count). The summed E-state index contributed by atoms with van der Waals surface area (Å²) in [5.41, 5.74) is 1.39. The Morgan fingerprint density at radius 3 is 1.91 bits per heavy atom. The van der Waals surface area contributed by atoms with Crippen LogP contribution in [-0.4, -0.2) is 18.4 Å². The Balaban J connectivity index is 1.83. The van der Waals surface area contributed by atoms with E-state index in [0.717, 1.165) is 5.56 Å². The van der Waals surface area contributed by atoms with E-state index in [1.807, 2.05) is 30.3 Å². The normalized spacial score (nSPS) is 12.8. The number of ether oxygens (including phenoxy) is 1. The third-order valence-electron chi connectivity index (χ3n) is 5.28. The van der Waals surface area contributed by atoms with Crippen LogP contribution in [0.2, 0.25) is 0 Å². The van der Waals surface area contributed by atoms with Gasteiger partial charge in [0.05, 0.1) is 5.56 Å². The fraction of sp³-hybridized carbons (Fsp3) is 0.259. The highest BCUT2D eigenvalue weighted by atomic mass is 19.1. The van der Waals surface area contributed by atoms with Gasteiger partial charge in [-0.05, 0) is 66.4 Å². The molecule has 3 aromatic rings. The van der Waals surface area contributed by atoms with Crippen LogP contribution in [0.3, 0.4) is 0 Å². The number of rotatable bonds is 9. The minimum absolute atomic E-state index is 0.221. The Morgan fingerprint density at radius 2 is 1.36 bits per heavy atom. The monoisotopic (exact) mass is 451 g/mol. The number of hydrogen-bond acceptors (Lipinski definition) is 3. The standard InChI is InChI=1S/C27H27F2NO3/c1-18(2)16-22(17-30-26(31)20-8-12-23(28)13-9-20)25(19-6-4-3-5-7-19)33-27(32)21-10-14-24(29)15-11-21/h3-15,18,22,25H,16-17H2,1-2H3,(H,30,31). The van der Waals surface area contributed by atoms with E-state index in [1.165, 1.54) is 48.5 Å². The fourth-order valence-corrected chi connectivity index (χ4v) is 3.70. The van der Waals surface area contributed by atoms with Gasteiger partial charge in [0.1, 0.15) is 17.7 Å². The van der Waals surface area contributed by atoms with Crippen LogP contribution in [-0.2, 0) is 4.74 Å². The zero-order chi connectivity index (χ0) is 23.8. The molecule has 0 radical (unpaired) electrons. The van der Waals surface area contributed by atoms with Crippen LogP contribution in [0.5, 0.6) is 0 Å². The molecule has 33 heavy (non-hydrogen) atoms. The lowest BCUT2D eigenvalue weighted by atomic mass is 9.88. The van der Waals surface area contributed by atoms with Crippen molar-refractivity contribution in [2.75, 3.05) is 6.54 Å². The second-order valence-electron chi connectivity index (χ2n) is 8.35. The number of amides is 1. The summed E-state index contributed by atoms with van der Waals surface area (Å²) in [6.45, 7) is 4.36. The zero-order valence-corrected chi connectivity index (χ0v) is 18.6. The molecular formula is C27H27F2NO3. The lowest BCUT2D eigenvalue weighted by molar-refractivity contribution is 0.00977. The zero-order valence-electron chi connectivity index (χ0n) is 18.6. The predicted molar refractivity (Wildman–Crippen MR) is 123 cm³/mol. The molecule has 2 atom stereocenters. The molecule has 0 aromatic heterocycles. The summed E-state index contributed by atoms with van der Waals surface area (Å²) in [4.78, 5) is 25.5. The van der Waals surface area contributed by atoms with Gasteiger partial charge in [-0.15, -0.1) is 0 Å². The Bertz CT molecular complexity index is 1050. The quantitative estimate of drug-likeness (QED) is 0.409. The van der Waals surface area contributed by atoms with Gasteiger partial charge in [-0.25, -0.2) is 13.6 Å². The predicted octanol–water partition coefficient (Wildman–Crippen LogP) is 5.96. The Labute approximate surface area is 192 Å². The van der Waals surface area contributed by atoms with Crippen LogP contribution in [0.4, 0.5) is 8.78 Å². The van der Waals surface area contributed by atoms with Crippen molar-refractivity contribution in [3.05, 3.63) is 107 Å². The van der Waals surface area contributed by atoms with Gasteiger partial charge in [-0.3, -0.25) is 4.79 Å². The number of benzene rings is 3. The topological polar surface area (TPSA) is 55.4 Å². The minimum Gasteiger partial charge on any atom is -0.454 e. The van der Waals surface area contributed by atoms with E-state index in [-0.39, 0.29) is 29.9 Å². The highest BCUT2D eigenvalue weighted by molar-refractivity contribution is 5.94. The maximum atomic E-state index is 13.3. The van der Waals surface area contributed by atoms with Crippen LogP contribution < -0.4 is 5.32 Å². The number of halogens is 2. The van der Waals surface area contributed by atoms with Gasteiger partial charge in [-0.1, -0.05) is 44.2 Å². The third kappa shape index (κ3) is 6.97.